The molecular weight excluding hydrogens is 198 g/mol. The van der Waals surface area contributed by atoms with E-state index < -0.39 is 0 Å². The zero-order chi connectivity index (χ0) is 9.97. The van der Waals surface area contributed by atoms with E-state index in [2.05, 4.69) is 4.90 Å². The highest BCUT2D eigenvalue weighted by molar-refractivity contribution is 7.80. The Hall–Kier alpha value is -0.870. The van der Waals surface area contributed by atoms with Crippen molar-refractivity contribution in [2.45, 2.75) is 6.92 Å². The van der Waals surface area contributed by atoms with E-state index in [4.69, 9.17) is 21.4 Å². The third kappa shape index (κ3) is 1.96. The molecule has 1 saturated heterocycles. The standard InChI is InChI=1S/C10H13NO2S/c1-8-2-3-9(13-8)10(14)11-4-6-12-7-5-11/h2-3H,4-7H2,1H3. The summed E-state index contributed by atoms with van der Waals surface area (Å²) in [4.78, 5) is 2.92. The molecule has 2 rings (SSSR count). The lowest BCUT2D eigenvalue weighted by molar-refractivity contribution is 0.0688. The minimum absolute atomic E-state index is 0.750. The Kier molecular flexibility index (Phi) is 2.84. The molecule has 76 valence electrons. The van der Waals surface area contributed by atoms with E-state index in [1.807, 2.05) is 19.1 Å². The van der Waals surface area contributed by atoms with Crippen molar-refractivity contribution in [3.8, 4) is 0 Å². The van der Waals surface area contributed by atoms with Crippen molar-refractivity contribution in [1.82, 2.24) is 4.90 Å². The lowest BCUT2D eigenvalue weighted by Crippen LogP contribution is -2.40. The Balaban J connectivity index is 2.07. The van der Waals surface area contributed by atoms with E-state index in [-0.39, 0.29) is 0 Å². The van der Waals surface area contributed by atoms with Gasteiger partial charge in [-0.15, -0.1) is 0 Å². The lowest BCUT2D eigenvalue weighted by Gasteiger charge is -2.28. The van der Waals surface area contributed by atoms with Gasteiger partial charge < -0.3 is 14.1 Å². The second kappa shape index (κ2) is 4.11. The summed E-state index contributed by atoms with van der Waals surface area (Å²) in [6.45, 7) is 5.14. The molecule has 0 spiro atoms. The summed E-state index contributed by atoms with van der Waals surface area (Å²) in [5, 5.41) is 0. The summed E-state index contributed by atoms with van der Waals surface area (Å²) in [6, 6.07) is 3.86. The van der Waals surface area contributed by atoms with Gasteiger partial charge in [0.1, 0.15) is 10.7 Å². The van der Waals surface area contributed by atoms with E-state index in [0.717, 1.165) is 42.8 Å². The second-order valence-electron chi connectivity index (χ2n) is 3.31. The van der Waals surface area contributed by atoms with Crippen LogP contribution in [0.25, 0.3) is 0 Å². The Morgan fingerprint density at radius 2 is 2.07 bits per heavy atom. The van der Waals surface area contributed by atoms with Gasteiger partial charge in [0, 0.05) is 13.1 Å². The van der Waals surface area contributed by atoms with Crippen molar-refractivity contribution < 1.29 is 9.15 Å². The van der Waals surface area contributed by atoms with E-state index >= 15 is 0 Å². The van der Waals surface area contributed by atoms with Crippen LogP contribution >= 0.6 is 12.2 Å². The lowest BCUT2D eigenvalue weighted by atomic mass is 10.3. The molecule has 0 unspecified atom stereocenters. The molecule has 1 fully saturated rings. The van der Waals surface area contributed by atoms with Crippen LogP contribution in [0.15, 0.2) is 16.5 Å². The fourth-order valence-corrected chi connectivity index (χ4v) is 1.76. The van der Waals surface area contributed by atoms with Gasteiger partial charge in [0.15, 0.2) is 5.76 Å². The average Bonchev–Trinajstić information content (AvgIpc) is 2.65. The van der Waals surface area contributed by atoms with E-state index in [1.165, 1.54) is 0 Å². The number of ether oxygens (including phenoxy) is 1. The fourth-order valence-electron chi connectivity index (χ4n) is 1.47. The van der Waals surface area contributed by atoms with Gasteiger partial charge in [-0.2, -0.15) is 0 Å². The highest BCUT2D eigenvalue weighted by Gasteiger charge is 2.17. The van der Waals surface area contributed by atoms with Crippen LogP contribution in [0.4, 0.5) is 0 Å². The first-order valence-electron chi connectivity index (χ1n) is 4.71. The summed E-state index contributed by atoms with van der Waals surface area (Å²) in [7, 11) is 0. The monoisotopic (exact) mass is 211 g/mol. The summed E-state index contributed by atoms with van der Waals surface area (Å²) >= 11 is 5.33. The van der Waals surface area contributed by atoms with Gasteiger partial charge in [0.2, 0.25) is 0 Å². The smallest absolute Gasteiger partial charge is 0.161 e. The van der Waals surface area contributed by atoms with Gasteiger partial charge in [0.25, 0.3) is 0 Å². The number of rotatable bonds is 1. The number of hydrogen-bond donors (Lipinski definition) is 0. The van der Waals surface area contributed by atoms with Crippen molar-refractivity contribution >= 4 is 17.2 Å². The van der Waals surface area contributed by atoms with Crippen molar-refractivity contribution in [2.75, 3.05) is 26.3 Å². The zero-order valence-electron chi connectivity index (χ0n) is 8.16. The predicted octanol–water partition coefficient (Wildman–Crippen LogP) is 1.60. The van der Waals surface area contributed by atoms with Crippen LogP contribution in [0.2, 0.25) is 0 Å². The number of hydrogen-bond acceptors (Lipinski definition) is 3. The summed E-state index contributed by atoms with van der Waals surface area (Å²) in [6.07, 6.45) is 0. The van der Waals surface area contributed by atoms with E-state index in [0.29, 0.717) is 0 Å². The number of nitrogens with zero attached hydrogens (tertiary/aromatic N) is 1. The minimum Gasteiger partial charge on any atom is -0.459 e. The Bertz CT molecular complexity index is 329. The van der Waals surface area contributed by atoms with Crippen LogP contribution in [0.3, 0.4) is 0 Å². The molecule has 0 atom stereocenters. The molecule has 1 aliphatic heterocycles. The minimum atomic E-state index is 0.750. The van der Waals surface area contributed by atoms with Crippen LogP contribution in [-0.4, -0.2) is 36.2 Å². The van der Waals surface area contributed by atoms with Gasteiger partial charge in [0.05, 0.1) is 13.2 Å². The largest absolute Gasteiger partial charge is 0.459 e. The van der Waals surface area contributed by atoms with Crippen molar-refractivity contribution in [2.24, 2.45) is 0 Å². The molecule has 0 saturated carbocycles. The maximum absolute atomic E-state index is 5.47. The summed E-state index contributed by atoms with van der Waals surface area (Å²) in [5.74, 6) is 1.69. The normalized spacial score (nSPS) is 17.1. The van der Waals surface area contributed by atoms with Gasteiger partial charge in [-0.1, -0.05) is 12.2 Å². The van der Waals surface area contributed by atoms with Crippen LogP contribution < -0.4 is 0 Å². The molecule has 1 aromatic rings. The molecule has 1 aromatic heterocycles. The molecule has 0 radical (unpaired) electrons. The SMILES string of the molecule is Cc1ccc(C(=S)N2CCOCC2)o1. The fraction of sp³-hybridized carbons (Fsp3) is 0.500. The number of morpholine rings is 1. The highest BCUT2D eigenvalue weighted by atomic mass is 32.1. The first-order chi connectivity index (χ1) is 6.77. The van der Waals surface area contributed by atoms with E-state index in [9.17, 15) is 0 Å². The van der Waals surface area contributed by atoms with Crippen molar-refractivity contribution in [1.29, 1.82) is 0 Å². The maximum atomic E-state index is 5.47. The van der Waals surface area contributed by atoms with Crippen molar-refractivity contribution in [3.05, 3.63) is 23.7 Å². The van der Waals surface area contributed by atoms with Crippen LogP contribution in [0.1, 0.15) is 11.5 Å². The molecule has 0 bridgehead atoms. The molecule has 0 N–H and O–H groups in total. The molecule has 4 heteroatoms. The number of thiocarbonyl (C=S) groups is 1. The summed E-state index contributed by atoms with van der Waals surface area (Å²) < 4.78 is 10.7. The molecular formula is C10H13NO2S. The molecule has 0 aliphatic carbocycles. The third-order valence-electron chi connectivity index (χ3n) is 2.25. The van der Waals surface area contributed by atoms with Gasteiger partial charge in [-0.05, 0) is 19.1 Å². The topological polar surface area (TPSA) is 25.6 Å². The van der Waals surface area contributed by atoms with Crippen molar-refractivity contribution in [3.63, 3.8) is 0 Å². The second-order valence-corrected chi connectivity index (χ2v) is 3.70. The van der Waals surface area contributed by atoms with Crippen LogP contribution in [-0.2, 0) is 4.74 Å². The number of furan rings is 1. The molecule has 0 amide bonds. The summed E-state index contributed by atoms with van der Waals surface area (Å²) in [5.41, 5.74) is 0. The molecule has 14 heavy (non-hydrogen) atoms. The quantitative estimate of drug-likeness (QED) is 0.659. The number of aryl methyl sites for hydroxylation is 1. The molecule has 2 heterocycles. The Labute approximate surface area is 88.6 Å². The first kappa shape index (κ1) is 9.68. The molecule has 1 aliphatic rings. The highest BCUT2D eigenvalue weighted by Crippen LogP contribution is 2.12. The maximum Gasteiger partial charge on any atom is 0.161 e. The molecule has 3 nitrogen and oxygen atoms in total. The molecule has 0 aromatic carbocycles. The Morgan fingerprint density at radius 1 is 1.36 bits per heavy atom. The zero-order valence-corrected chi connectivity index (χ0v) is 8.97. The van der Waals surface area contributed by atoms with Crippen LogP contribution in [0.5, 0.6) is 0 Å². The first-order valence-corrected chi connectivity index (χ1v) is 5.11. The van der Waals surface area contributed by atoms with Gasteiger partial charge in [-0.25, -0.2) is 0 Å². The Morgan fingerprint density at radius 3 is 2.64 bits per heavy atom. The third-order valence-corrected chi connectivity index (χ3v) is 2.71. The van der Waals surface area contributed by atoms with E-state index in [1.54, 1.807) is 0 Å². The van der Waals surface area contributed by atoms with Crippen LogP contribution in [0, 0.1) is 6.92 Å². The average molecular weight is 211 g/mol. The van der Waals surface area contributed by atoms with Gasteiger partial charge in [-0.3, -0.25) is 0 Å². The predicted molar refractivity (Wildman–Crippen MR) is 57.5 cm³/mol. The van der Waals surface area contributed by atoms with Gasteiger partial charge >= 0.3 is 0 Å².